The van der Waals surface area contributed by atoms with E-state index >= 15 is 0 Å². The number of carbonyl (C=O) groups is 1. The normalized spacial score (nSPS) is 15.6. The van der Waals surface area contributed by atoms with E-state index < -0.39 is 10.9 Å². The molecule has 3 rings (SSSR count). The van der Waals surface area contributed by atoms with Crippen LogP contribution in [0, 0.1) is 17.0 Å². The third kappa shape index (κ3) is 3.95. The summed E-state index contributed by atoms with van der Waals surface area (Å²) in [4.78, 5) is 27.0. The number of nitro benzene ring substituents is 1. The van der Waals surface area contributed by atoms with Crippen LogP contribution in [-0.2, 0) is 14.9 Å². The first-order valence-corrected chi connectivity index (χ1v) is 8.54. The zero-order valence-corrected chi connectivity index (χ0v) is 15.6. The van der Waals surface area contributed by atoms with Crippen molar-refractivity contribution in [3.05, 3.63) is 80.5 Å². The fourth-order valence-corrected chi connectivity index (χ4v) is 2.71. The molecule has 0 N–H and O–H groups in total. The van der Waals surface area contributed by atoms with Crippen molar-refractivity contribution >= 4 is 23.6 Å². The zero-order chi connectivity index (χ0) is 19.8. The van der Waals surface area contributed by atoms with Gasteiger partial charge in [0, 0.05) is 17.2 Å². The number of aliphatic imine (C=N–C) groups is 1. The van der Waals surface area contributed by atoms with Crippen molar-refractivity contribution in [3.63, 3.8) is 0 Å². The van der Waals surface area contributed by atoms with Gasteiger partial charge in [0.1, 0.15) is 0 Å². The van der Waals surface area contributed by atoms with Gasteiger partial charge in [0.25, 0.3) is 5.69 Å². The Morgan fingerprint density at radius 3 is 2.37 bits per heavy atom. The van der Waals surface area contributed by atoms with Crippen LogP contribution in [0.25, 0.3) is 6.08 Å². The van der Waals surface area contributed by atoms with Gasteiger partial charge in [0.15, 0.2) is 5.70 Å². The quantitative estimate of drug-likeness (QED) is 0.346. The number of esters is 1. The summed E-state index contributed by atoms with van der Waals surface area (Å²) < 4.78 is 5.20. The number of hydrogen-bond donors (Lipinski definition) is 0. The molecule has 1 aliphatic rings. The average Bonchev–Trinajstić information content (AvgIpc) is 2.95. The highest BCUT2D eigenvalue weighted by Crippen LogP contribution is 2.25. The average molecular weight is 364 g/mol. The van der Waals surface area contributed by atoms with Gasteiger partial charge in [-0.2, -0.15) is 0 Å². The molecule has 1 aliphatic heterocycles. The summed E-state index contributed by atoms with van der Waals surface area (Å²) >= 11 is 0. The first-order valence-electron chi connectivity index (χ1n) is 8.54. The third-order valence-corrected chi connectivity index (χ3v) is 4.35. The second kappa shape index (κ2) is 6.79. The van der Waals surface area contributed by atoms with E-state index in [1.807, 2.05) is 24.3 Å². The smallest absolute Gasteiger partial charge is 0.363 e. The molecule has 6 heteroatoms. The predicted molar refractivity (Wildman–Crippen MR) is 104 cm³/mol. The standard InChI is InChI=1S/C21H20N2O4/c1-13-5-8-15(12-18(13)23(25)26)19-22-17(20(24)27-19)11-14-6-9-16(10-7-14)21(2,3)4/h5-12H,1-4H3. The molecule has 0 unspecified atom stereocenters. The van der Waals surface area contributed by atoms with Gasteiger partial charge in [0.05, 0.1) is 4.92 Å². The van der Waals surface area contributed by atoms with E-state index in [0.29, 0.717) is 11.1 Å². The maximum atomic E-state index is 12.1. The lowest BCUT2D eigenvalue weighted by atomic mass is 9.87. The summed E-state index contributed by atoms with van der Waals surface area (Å²) in [7, 11) is 0. The zero-order valence-electron chi connectivity index (χ0n) is 15.6. The minimum absolute atomic E-state index is 0.0403. The molecule has 27 heavy (non-hydrogen) atoms. The lowest BCUT2D eigenvalue weighted by Gasteiger charge is -2.18. The van der Waals surface area contributed by atoms with E-state index in [-0.39, 0.29) is 22.7 Å². The first-order chi connectivity index (χ1) is 12.6. The van der Waals surface area contributed by atoms with Gasteiger partial charge >= 0.3 is 5.97 Å². The molecular weight excluding hydrogens is 344 g/mol. The summed E-state index contributed by atoms with van der Waals surface area (Å²) in [5.74, 6) is -0.506. The number of carbonyl (C=O) groups excluding carboxylic acids is 1. The van der Waals surface area contributed by atoms with E-state index in [1.165, 1.54) is 11.6 Å². The fraction of sp³-hybridized carbons (Fsp3) is 0.238. The van der Waals surface area contributed by atoms with Crippen LogP contribution in [0.15, 0.2) is 53.2 Å². The van der Waals surface area contributed by atoms with Crippen LogP contribution < -0.4 is 0 Å². The van der Waals surface area contributed by atoms with Crippen LogP contribution in [0.3, 0.4) is 0 Å². The van der Waals surface area contributed by atoms with Crippen LogP contribution in [0.5, 0.6) is 0 Å². The lowest BCUT2D eigenvalue weighted by Crippen LogP contribution is -2.10. The molecule has 0 spiro atoms. The molecular formula is C21H20N2O4. The van der Waals surface area contributed by atoms with E-state index in [2.05, 4.69) is 25.8 Å². The Bertz CT molecular complexity index is 980. The van der Waals surface area contributed by atoms with Crippen LogP contribution in [-0.4, -0.2) is 16.8 Å². The molecule has 0 fully saturated rings. The minimum atomic E-state index is -0.576. The van der Waals surface area contributed by atoms with Crippen molar-refractivity contribution in [2.24, 2.45) is 4.99 Å². The Balaban J connectivity index is 1.91. The summed E-state index contributed by atoms with van der Waals surface area (Å²) in [6, 6.07) is 12.5. The Kier molecular flexibility index (Phi) is 4.66. The van der Waals surface area contributed by atoms with Gasteiger partial charge in [-0.25, -0.2) is 9.79 Å². The highest BCUT2D eigenvalue weighted by molar-refractivity contribution is 6.13. The van der Waals surface area contributed by atoms with Crippen molar-refractivity contribution in [2.75, 3.05) is 0 Å². The molecule has 138 valence electrons. The number of nitrogens with zero attached hydrogens (tertiary/aromatic N) is 2. The Morgan fingerprint density at radius 2 is 1.78 bits per heavy atom. The first kappa shape index (κ1) is 18.5. The Morgan fingerprint density at radius 1 is 1.11 bits per heavy atom. The summed E-state index contributed by atoms with van der Waals surface area (Å²) in [6.07, 6.45) is 1.64. The molecule has 0 saturated carbocycles. The van der Waals surface area contributed by atoms with Gasteiger partial charge in [-0.15, -0.1) is 0 Å². The molecule has 0 radical (unpaired) electrons. The third-order valence-electron chi connectivity index (χ3n) is 4.35. The number of aryl methyl sites for hydroxylation is 1. The second-order valence-electron chi connectivity index (χ2n) is 7.47. The number of cyclic esters (lactones) is 1. The molecule has 0 atom stereocenters. The molecule has 1 heterocycles. The van der Waals surface area contributed by atoms with Crippen LogP contribution in [0.4, 0.5) is 5.69 Å². The molecule has 6 nitrogen and oxygen atoms in total. The number of benzene rings is 2. The monoisotopic (exact) mass is 364 g/mol. The van der Waals surface area contributed by atoms with E-state index in [4.69, 9.17) is 4.74 Å². The number of nitro groups is 1. The minimum Gasteiger partial charge on any atom is -0.402 e. The largest absolute Gasteiger partial charge is 0.402 e. The van der Waals surface area contributed by atoms with Crippen LogP contribution in [0.2, 0.25) is 0 Å². The van der Waals surface area contributed by atoms with E-state index in [9.17, 15) is 14.9 Å². The van der Waals surface area contributed by atoms with Crippen molar-refractivity contribution in [3.8, 4) is 0 Å². The Hall–Kier alpha value is -3.28. The maximum Gasteiger partial charge on any atom is 0.363 e. The highest BCUT2D eigenvalue weighted by atomic mass is 16.6. The number of ether oxygens (including phenoxy) is 1. The molecule has 0 amide bonds. The van der Waals surface area contributed by atoms with Crippen molar-refractivity contribution in [1.29, 1.82) is 0 Å². The number of rotatable bonds is 3. The summed E-state index contributed by atoms with van der Waals surface area (Å²) in [6.45, 7) is 8.04. The molecule has 2 aromatic carbocycles. The highest BCUT2D eigenvalue weighted by Gasteiger charge is 2.26. The van der Waals surface area contributed by atoms with Crippen molar-refractivity contribution < 1.29 is 14.5 Å². The summed E-state index contributed by atoms with van der Waals surface area (Å²) in [5, 5.41) is 11.1. The molecule has 0 aromatic heterocycles. The van der Waals surface area contributed by atoms with Gasteiger partial charge in [-0.1, -0.05) is 51.1 Å². The van der Waals surface area contributed by atoms with Gasteiger partial charge in [-0.05, 0) is 35.6 Å². The van der Waals surface area contributed by atoms with Crippen molar-refractivity contribution in [2.45, 2.75) is 33.1 Å². The maximum absolute atomic E-state index is 12.1. The van der Waals surface area contributed by atoms with Crippen LogP contribution >= 0.6 is 0 Å². The Labute approximate surface area is 157 Å². The van der Waals surface area contributed by atoms with Crippen molar-refractivity contribution in [1.82, 2.24) is 0 Å². The van der Waals surface area contributed by atoms with E-state index in [1.54, 1.807) is 25.1 Å². The fourth-order valence-electron chi connectivity index (χ4n) is 2.71. The summed E-state index contributed by atoms with van der Waals surface area (Å²) in [5.41, 5.74) is 3.11. The predicted octanol–water partition coefficient (Wildman–Crippen LogP) is 4.55. The van der Waals surface area contributed by atoms with Gasteiger partial charge in [-0.3, -0.25) is 10.1 Å². The second-order valence-corrected chi connectivity index (χ2v) is 7.47. The van der Waals surface area contributed by atoms with E-state index in [0.717, 1.165) is 5.56 Å². The molecule has 0 aliphatic carbocycles. The SMILES string of the molecule is Cc1ccc(C2=NC(=Cc3ccc(C(C)(C)C)cc3)C(=O)O2)cc1[N+](=O)[O-]. The lowest BCUT2D eigenvalue weighted by molar-refractivity contribution is -0.385. The molecule has 2 aromatic rings. The number of hydrogen-bond acceptors (Lipinski definition) is 5. The molecule has 0 saturated heterocycles. The molecule has 0 bridgehead atoms. The van der Waals surface area contributed by atoms with Gasteiger partial charge in [0.2, 0.25) is 5.90 Å². The van der Waals surface area contributed by atoms with Crippen LogP contribution in [0.1, 0.15) is 43.0 Å². The van der Waals surface area contributed by atoms with Gasteiger partial charge < -0.3 is 4.74 Å². The topological polar surface area (TPSA) is 81.8 Å².